The quantitative estimate of drug-likeness (QED) is 0.907. The van der Waals surface area contributed by atoms with Crippen molar-refractivity contribution < 1.29 is 14.3 Å². The Labute approximate surface area is 141 Å². The van der Waals surface area contributed by atoms with Gasteiger partial charge in [0, 0.05) is 35.7 Å². The minimum Gasteiger partial charge on any atom is -0.497 e. The van der Waals surface area contributed by atoms with Crippen LogP contribution in [0.15, 0.2) is 18.2 Å². The SMILES string of the molecule is COc1ccc2[nH]c3c(c2c1)CC(C(=O)NCC1CCCO1)CC3. The maximum Gasteiger partial charge on any atom is 0.223 e. The number of carbonyl (C=O) groups excluding carboxylic acids is 1. The summed E-state index contributed by atoms with van der Waals surface area (Å²) in [5.74, 6) is 1.06. The Morgan fingerprint density at radius 2 is 2.33 bits per heavy atom. The Morgan fingerprint density at radius 1 is 1.42 bits per heavy atom. The summed E-state index contributed by atoms with van der Waals surface area (Å²) in [6.45, 7) is 1.47. The maximum absolute atomic E-state index is 12.5. The van der Waals surface area contributed by atoms with Gasteiger partial charge >= 0.3 is 0 Å². The number of rotatable bonds is 4. The van der Waals surface area contributed by atoms with E-state index in [0.29, 0.717) is 6.54 Å². The zero-order valence-corrected chi connectivity index (χ0v) is 14.1. The molecule has 128 valence electrons. The molecule has 24 heavy (non-hydrogen) atoms. The lowest BCUT2D eigenvalue weighted by Gasteiger charge is -2.22. The summed E-state index contributed by atoms with van der Waals surface area (Å²) in [6, 6.07) is 6.09. The zero-order chi connectivity index (χ0) is 16.5. The minimum atomic E-state index is 0.0455. The summed E-state index contributed by atoms with van der Waals surface area (Å²) in [6.07, 6.45) is 4.96. The van der Waals surface area contributed by atoms with Crippen molar-refractivity contribution in [2.45, 2.75) is 38.2 Å². The van der Waals surface area contributed by atoms with Crippen molar-refractivity contribution in [2.24, 2.45) is 5.92 Å². The standard InChI is InChI=1S/C19H24N2O3/c1-23-13-5-7-18-16(10-13)15-9-12(4-6-17(15)21-18)19(22)20-11-14-3-2-8-24-14/h5,7,10,12,14,21H,2-4,6,8-9,11H2,1H3,(H,20,22). The van der Waals surface area contributed by atoms with Crippen LogP contribution in [0.25, 0.3) is 10.9 Å². The fourth-order valence-corrected chi connectivity index (χ4v) is 3.91. The van der Waals surface area contributed by atoms with E-state index in [1.54, 1.807) is 7.11 Å². The topological polar surface area (TPSA) is 63.4 Å². The van der Waals surface area contributed by atoms with Crippen molar-refractivity contribution in [2.75, 3.05) is 20.3 Å². The maximum atomic E-state index is 12.5. The highest BCUT2D eigenvalue weighted by Gasteiger charge is 2.28. The molecule has 2 N–H and O–H groups in total. The van der Waals surface area contributed by atoms with Crippen LogP contribution in [0.1, 0.15) is 30.5 Å². The third kappa shape index (κ3) is 2.88. The van der Waals surface area contributed by atoms with Gasteiger partial charge in [-0.05, 0) is 55.9 Å². The molecule has 0 saturated carbocycles. The fourth-order valence-electron chi connectivity index (χ4n) is 3.91. The molecule has 0 bridgehead atoms. The summed E-state index contributed by atoms with van der Waals surface area (Å²) in [5.41, 5.74) is 3.66. The highest BCUT2D eigenvalue weighted by molar-refractivity contribution is 5.88. The number of aryl methyl sites for hydroxylation is 1. The van der Waals surface area contributed by atoms with Crippen molar-refractivity contribution in [3.8, 4) is 5.75 Å². The summed E-state index contributed by atoms with van der Waals surface area (Å²) in [4.78, 5) is 16.0. The van der Waals surface area contributed by atoms with E-state index in [2.05, 4.69) is 22.4 Å². The van der Waals surface area contributed by atoms with Crippen LogP contribution in [-0.2, 0) is 22.4 Å². The Hall–Kier alpha value is -2.01. The number of benzene rings is 1. The van der Waals surface area contributed by atoms with Crippen LogP contribution < -0.4 is 10.1 Å². The van der Waals surface area contributed by atoms with Gasteiger partial charge in [0.2, 0.25) is 5.91 Å². The smallest absolute Gasteiger partial charge is 0.223 e. The van der Waals surface area contributed by atoms with E-state index in [-0.39, 0.29) is 17.9 Å². The molecule has 1 aliphatic carbocycles. The molecule has 2 atom stereocenters. The van der Waals surface area contributed by atoms with Crippen molar-refractivity contribution in [1.82, 2.24) is 10.3 Å². The number of hydrogen-bond donors (Lipinski definition) is 2. The highest BCUT2D eigenvalue weighted by atomic mass is 16.5. The number of hydrogen-bond acceptors (Lipinski definition) is 3. The Balaban J connectivity index is 1.48. The molecule has 2 heterocycles. The molecular weight excluding hydrogens is 304 g/mol. The number of ether oxygens (including phenoxy) is 2. The molecule has 1 fully saturated rings. The Kier molecular flexibility index (Phi) is 4.19. The van der Waals surface area contributed by atoms with Gasteiger partial charge in [0.05, 0.1) is 13.2 Å². The number of carbonyl (C=O) groups is 1. The Morgan fingerprint density at radius 3 is 3.12 bits per heavy atom. The predicted molar refractivity (Wildman–Crippen MR) is 92.3 cm³/mol. The normalized spacial score (nSPS) is 23.2. The predicted octanol–water partition coefficient (Wildman–Crippen LogP) is 2.58. The molecule has 2 unspecified atom stereocenters. The van der Waals surface area contributed by atoms with Crippen molar-refractivity contribution >= 4 is 16.8 Å². The van der Waals surface area contributed by atoms with Gasteiger partial charge in [-0.25, -0.2) is 0 Å². The van der Waals surface area contributed by atoms with Crippen LogP contribution in [0.2, 0.25) is 0 Å². The highest BCUT2D eigenvalue weighted by Crippen LogP contribution is 2.33. The van der Waals surface area contributed by atoms with Gasteiger partial charge in [0.1, 0.15) is 5.75 Å². The molecule has 1 aromatic heterocycles. The third-order valence-corrected chi connectivity index (χ3v) is 5.29. The number of H-pyrrole nitrogens is 1. The first-order chi connectivity index (χ1) is 11.7. The molecule has 2 aliphatic rings. The largest absolute Gasteiger partial charge is 0.497 e. The van der Waals surface area contributed by atoms with Crippen LogP contribution in [0.3, 0.4) is 0 Å². The van der Waals surface area contributed by atoms with E-state index >= 15 is 0 Å². The molecule has 5 heteroatoms. The van der Waals surface area contributed by atoms with E-state index in [0.717, 1.165) is 50.0 Å². The first-order valence-corrected chi connectivity index (χ1v) is 8.81. The molecule has 0 spiro atoms. The van der Waals surface area contributed by atoms with Crippen molar-refractivity contribution in [3.63, 3.8) is 0 Å². The van der Waals surface area contributed by atoms with Gasteiger partial charge in [-0.2, -0.15) is 0 Å². The van der Waals surface area contributed by atoms with E-state index in [4.69, 9.17) is 9.47 Å². The molecule has 1 saturated heterocycles. The second-order valence-corrected chi connectivity index (χ2v) is 6.81. The second-order valence-electron chi connectivity index (χ2n) is 6.81. The van der Waals surface area contributed by atoms with Crippen LogP contribution in [0, 0.1) is 5.92 Å². The van der Waals surface area contributed by atoms with E-state index in [1.165, 1.54) is 16.6 Å². The number of methoxy groups -OCH3 is 1. The molecule has 1 aromatic carbocycles. The van der Waals surface area contributed by atoms with Gasteiger partial charge in [-0.1, -0.05) is 0 Å². The molecular formula is C19H24N2O3. The number of aromatic nitrogens is 1. The molecule has 1 aliphatic heterocycles. The summed E-state index contributed by atoms with van der Waals surface area (Å²) in [5, 5.41) is 4.27. The first-order valence-electron chi connectivity index (χ1n) is 8.81. The van der Waals surface area contributed by atoms with Crippen LogP contribution in [-0.4, -0.2) is 37.3 Å². The number of fused-ring (bicyclic) bond motifs is 3. The van der Waals surface area contributed by atoms with Crippen LogP contribution >= 0.6 is 0 Å². The lowest BCUT2D eigenvalue weighted by molar-refractivity contribution is -0.125. The minimum absolute atomic E-state index is 0.0455. The first kappa shape index (κ1) is 15.5. The summed E-state index contributed by atoms with van der Waals surface area (Å²) < 4.78 is 10.9. The molecule has 5 nitrogen and oxygen atoms in total. The van der Waals surface area contributed by atoms with Gasteiger partial charge in [-0.3, -0.25) is 4.79 Å². The van der Waals surface area contributed by atoms with Crippen molar-refractivity contribution in [1.29, 1.82) is 0 Å². The molecule has 1 amide bonds. The molecule has 2 aromatic rings. The fraction of sp³-hybridized carbons (Fsp3) is 0.526. The summed E-state index contributed by atoms with van der Waals surface area (Å²) in [7, 11) is 1.68. The average Bonchev–Trinajstić information content (AvgIpc) is 3.26. The zero-order valence-electron chi connectivity index (χ0n) is 14.1. The third-order valence-electron chi connectivity index (χ3n) is 5.29. The van der Waals surface area contributed by atoms with Crippen LogP contribution in [0.5, 0.6) is 5.75 Å². The van der Waals surface area contributed by atoms with Crippen LogP contribution in [0.4, 0.5) is 0 Å². The average molecular weight is 328 g/mol. The van der Waals surface area contributed by atoms with Gasteiger partial charge in [0.15, 0.2) is 0 Å². The van der Waals surface area contributed by atoms with Gasteiger partial charge in [0.25, 0.3) is 0 Å². The van der Waals surface area contributed by atoms with Crippen molar-refractivity contribution in [3.05, 3.63) is 29.5 Å². The lowest BCUT2D eigenvalue weighted by Crippen LogP contribution is -2.38. The Bertz CT molecular complexity index is 746. The van der Waals surface area contributed by atoms with Gasteiger partial charge in [-0.15, -0.1) is 0 Å². The summed E-state index contributed by atoms with van der Waals surface area (Å²) >= 11 is 0. The lowest BCUT2D eigenvalue weighted by atomic mass is 9.85. The number of nitrogens with one attached hydrogen (secondary N) is 2. The monoisotopic (exact) mass is 328 g/mol. The van der Waals surface area contributed by atoms with E-state index < -0.39 is 0 Å². The second kappa shape index (κ2) is 6.48. The number of amides is 1. The number of aromatic amines is 1. The van der Waals surface area contributed by atoms with E-state index in [1.807, 2.05) is 6.07 Å². The van der Waals surface area contributed by atoms with Gasteiger partial charge < -0.3 is 19.8 Å². The van der Waals surface area contributed by atoms with E-state index in [9.17, 15) is 4.79 Å². The molecule has 0 radical (unpaired) electrons. The molecule has 4 rings (SSSR count).